The number of halogens is 1. The molecule has 0 saturated heterocycles. The molecule has 0 bridgehead atoms. The van der Waals surface area contributed by atoms with Gasteiger partial charge in [0.2, 0.25) is 0 Å². The van der Waals surface area contributed by atoms with E-state index in [9.17, 15) is 0 Å². The molecule has 0 radical (unpaired) electrons. The van der Waals surface area contributed by atoms with Gasteiger partial charge in [0.15, 0.2) is 0 Å². The molecule has 1 heterocycles. The fourth-order valence-electron chi connectivity index (χ4n) is 1.35. The molecule has 0 N–H and O–H groups in total. The van der Waals surface area contributed by atoms with E-state index in [1.807, 2.05) is 30.3 Å². The van der Waals surface area contributed by atoms with Gasteiger partial charge in [0.1, 0.15) is 5.82 Å². The Morgan fingerprint density at radius 1 is 1.20 bits per heavy atom. The number of hydrogen-bond donors (Lipinski definition) is 0. The summed E-state index contributed by atoms with van der Waals surface area (Å²) >= 11 is 2.15. The van der Waals surface area contributed by atoms with Gasteiger partial charge in [-0.25, -0.2) is 4.98 Å². The third-order valence-corrected chi connectivity index (χ3v) is 2.12. The van der Waals surface area contributed by atoms with Crippen LogP contribution in [0.1, 0.15) is 11.4 Å². The average Bonchev–Trinajstić information content (AvgIpc) is 2.69. The van der Waals surface area contributed by atoms with Gasteiger partial charge in [-0.2, -0.15) is 0 Å². The number of alkyl halides is 1. The first kappa shape index (κ1) is 12.2. The summed E-state index contributed by atoms with van der Waals surface area (Å²) in [7, 11) is 0. The lowest BCUT2D eigenvalue weighted by molar-refractivity contribution is 0.762. The Balaban J connectivity index is 0.000000531. The van der Waals surface area contributed by atoms with Crippen molar-refractivity contribution in [2.45, 2.75) is 13.5 Å². The molecule has 0 aliphatic heterocycles. The number of benzene rings is 1. The lowest BCUT2D eigenvalue weighted by Gasteiger charge is -2.03. The molecule has 0 unspecified atom stereocenters. The molecular formula is C12H15IN2. The molecule has 0 aliphatic carbocycles. The third-order valence-electron chi connectivity index (χ3n) is 2.12. The molecule has 0 atom stereocenters. The minimum Gasteiger partial charge on any atom is -0.331 e. The maximum absolute atomic E-state index is 4.18. The monoisotopic (exact) mass is 314 g/mol. The van der Waals surface area contributed by atoms with E-state index in [0.29, 0.717) is 0 Å². The fraction of sp³-hybridized carbons (Fsp3) is 0.250. The molecule has 0 spiro atoms. The van der Waals surface area contributed by atoms with Gasteiger partial charge < -0.3 is 4.57 Å². The predicted octanol–water partition coefficient (Wildman–Crippen LogP) is 3.29. The molecule has 0 fully saturated rings. The van der Waals surface area contributed by atoms with Gasteiger partial charge >= 0.3 is 0 Å². The van der Waals surface area contributed by atoms with Gasteiger partial charge in [-0.15, -0.1) is 0 Å². The van der Waals surface area contributed by atoms with Crippen LogP contribution in [0.15, 0.2) is 42.7 Å². The molecule has 1 aromatic carbocycles. The number of aromatic nitrogens is 2. The second kappa shape index (κ2) is 6.61. The van der Waals surface area contributed by atoms with Gasteiger partial charge in [0.05, 0.1) is 0 Å². The van der Waals surface area contributed by atoms with Crippen LogP contribution in [0.3, 0.4) is 0 Å². The number of nitrogens with zero attached hydrogens (tertiary/aromatic N) is 2. The fourth-order valence-corrected chi connectivity index (χ4v) is 1.35. The summed E-state index contributed by atoms with van der Waals surface area (Å²) in [5.41, 5.74) is 1.31. The number of hydrogen-bond acceptors (Lipinski definition) is 1. The van der Waals surface area contributed by atoms with Crippen LogP contribution in [-0.4, -0.2) is 14.5 Å². The second-order valence-corrected chi connectivity index (χ2v) is 3.09. The lowest BCUT2D eigenvalue weighted by Crippen LogP contribution is -1.99. The Hall–Kier alpha value is -0.840. The molecule has 15 heavy (non-hydrogen) atoms. The van der Waals surface area contributed by atoms with E-state index in [2.05, 4.69) is 56.4 Å². The van der Waals surface area contributed by atoms with E-state index in [1.165, 1.54) is 5.56 Å². The summed E-state index contributed by atoms with van der Waals surface area (Å²) in [4.78, 5) is 6.15. The topological polar surface area (TPSA) is 17.8 Å². The van der Waals surface area contributed by atoms with Crippen molar-refractivity contribution in [3.63, 3.8) is 0 Å². The summed E-state index contributed by atoms with van der Waals surface area (Å²) in [6, 6.07) is 10.4. The van der Waals surface area contributed by atoms with Crippen LogP contribution in [0, 0.1) is 6.92 Å². The number of rotatable bonds is 2. The Labute approximate surface area is 104 Å². The standard InChI is InChI=1S/C11H12N2.CH3I/c1-10-12-7-8-13(10)9-11-5-3-2-4-6-11;1-2/h2-8H,9H2,1H3;1H3. The Morgan fingerprint density at radius 3 is 2.40 bits per heavy atom. The molecule has 1 aromatic heterocycles. The maximum atomic E-state index is 4.18. The Kier molecular flexibility index (Phi) is 5.39. The quantitative estimate of drug-likeness (QED) is 0.614. The van der Waals surface area contributed by atoms with Crippen LogP contribution >= 0.6 is 22.6 Å². The zero-order chi connectivity index (χ0) is 11.1. The van der Waals surface area contributed by atoms with Crippen molar-refractivity contribution in [3.05, 3.63) is 54.1 Å². The summed E-state index contributed by atoms with van der Waals surface area (Å²) in [6.07, 6.45) is 3.83. The molecular weight excluding hydrogens is 299 g/mol. The Morgan fingerprint density at radius 2 is 1.87 bits per heavy atom. The van der Waals surface area contributed by atoms with E-state index in [4.69, 9.17) is 0 Å². The number of aryl methyl sites for hydroxylation is 1. The van der Waals surface area contributed by atoms with Crippen LogP contribution in [-0.2, 0) is 6.54 Å². The largest absolute Gasteiger partial charge is 0.331 e. The molecule has 80 valence electrons. The van der Waals surface area contributed by atoms with E-state index in [0.717, 1.165) is 12.4 Å². The smallest absolute Gasteiger partial charge is 0.105 e. The van der Waals surface area contributed by atoms with Crippen molar-refractivity contribution in [1.29, 1.82) is 0 Å². The first-order valence-corrected chi connectivity index (χ1v) is 6.91. The summed E-state index contributed by atoms with van der Waals surface area (Å²) in [6.45, 7) is 2.93. The van der Waals surface area contributed by atoms with Crippen molar-refractivity contribution in [2.75, 3.05) is 4.93 Å². The molecule has 2 aromatic rings. The van der Waals surface area contributed by atoms with Crippen LogP contribution in [0.5, 0.6) is 0 Å². The maximum Gasteiger partial charge on any atom is 0.105 e. The highest BCUT2D eigenvalue weighted by atomic mass is 127. The van der Waals surface area contributed by atoms with Gasteiger partial charge in [-0.05, 0) is 17.4 Å². The molecule has 0 amide bonds. The van der Waals surface area contributed by atoms with E-state index in [-0.39, 0.29) is 0 Å². The van der Waals surface area contributed by atoms with Crippen molar-refractivity contribution >= 4 is 22.6 Å². The van der Waals surface area contributed by atoms with Crippen LogP contribution < -0.4 is 0 Å². The average molecular weight is 314 g/mol. The first-order valence-electron chi connectivity index (χ1n) is 4.76. The van der Waals surface area contributed by atoms with Gasteiger partial charge in [-0.1, -0.05) is 52.9 Å². The normalized spacial score (nSPS) is 9.27. The first-order chi connectivity index (χ1) is 7.36. The van der Waals surface area contributed by atoms with Crippen LogP contribution in [0.4, 0.5) is 0 Å². The van der Waals surface area contributed by atoms with Crippen molar-refractivity contribution in [1.82, 2.24) is 9.55 Å². The molecule has 0 aliphatic rings. The highest BCUT2D eigenvalue weighted by Gasteiger charge is 1.96. The molecule has 3 heteroatoms. The summed E-state index contributed by atoms with van der Waals surface area (Å²) in [5.74, 6) is 1.06. The van der Waals surface area contributed by atoms with Crippen LogP contribution in [0.2, 0.25) is 0 Å². The zero-order valence-electron chi connectivity index (χ0n) is 9.02. The van der Waals surface area contributed by atoms with Gasteiger partial charge in [-0.3, -0.25) is 0 Å². The van der Waals surface area contributed by atoms with E-state index in [1.54, 1.807) is 0 Å². The zero-order valence-corrected chi connectivity index (χ0v) is 11.2. The summed E-state index contributed by atoms with van der Waals surface area (Å²) < 4.78 is 2.13. The highest BCUT2D eigenvalue weighted by molar-refractivity contribution is 14.1. The van der Waals surface area contributed by atoms with E-state index < -0.39 is 0 Å². The minimum atomic E-state index is 0.909. The van der Waals surface area contributed by atoms with Crippen molar-refractivity contribution < 1.29 is 0 Å². The molecule has 2 rings (SSSR count). The van der Waals surface area contributed by atoms with Crippen molar-refractivity contribution in [2.24, 2.45) is 0 Å². The van der Waals surface area contributed by atoms with E-state index >= 15 is 0 Å². The number of imidazole rings is 1. The summed E-state index contributed by atoms with van der Waals surface area (Å²) in [5, 5.41) is 0. The van der Waals surface area contributed by atoms with Crippen LogP contribution in [0.25, 0.3) is 0 Å². The lowest BCUT2D eigenvalue weighted by atomic mass is 10.2. The van der Waals surface area contributed by atoms with Crippen molar-refractivity contribution in [3.8, 4) is 0 Å². The third kappa shape index (κ3) is 3.66. The predicted molar refractivity (Wildman–Crippen MR) is 72.5 cm³/mol. The Bertz CT molecular complexity index is 382. The molecule has 0 saturated carbocycles. The van der Waals surface area contributed by atoms with Gasteiger partial charge in [0, 0.05) is 18.9 Å². The minimum absolute atomic E-state index is 0.909. The van der Waals surface area contributed by atoms with Gasteiger partial charge in [0.25, 0.3) is 0 Å². The highest BCUT2D eigenvalue weighted by Crippen LogP contribution is 2.03. The second-order valence-electron chi connectivity index (χ2n) is 3.09. The molecule has 2 nitrogen and oxygen atoms in total. The SMILES string of the molecule is CI.Cc1nccn1Cc1ccccc1.